The van der Waals surface area contributed by atoms with E-state index in [1.165, 1.54) is 6.42 Å². The Bertz CT molecular complexity index is 575. The van der Waals surface area contributed by atoms with Gasteiger partial charge in [0, 0.05) is 31.0 Å². The van der Waals surface area contributed by atoms with Crippen LogP contribution in [-0.4, -0.2) is 55.8 Å². The molecule has 2 heterocycles. The first-order valence-corrected chi connectivity index (χ1v) is 11.1. The zero-order valence-corrected chi connectivity index (χ0v) is 15.0. The van der Waals surface area contributed by atoms with Crippen molar-refractivity contribution in [1.82, 2.24) is 10.2 Å². The molecular formula is C17H28N2O4S. The lowest BCUT2D eigenvalue weighted by Gasteiger charge is -2.35. The number of rotatable bonds is 3. The van der Waals surface area contributed by atoms with Crippen molar-refractivity contribution < 1.29 is 18.0 Å². The SMILES string of the molecule is O=C(NC1CCS(=O)(=O)C1)C1CCN(C(=O)C2CCCCC2)CC1. The lowest BCUT2D eigenvalue weighted by atomic mass is 9.87. The Kier molecular flexibility index (Phi) is 5.47. The van der Waals surface area contributed by atoms with Crippen molar-refractivity contribution in [2.45, 2.75) is 57.4 Å². The molecule has 24 heavy (non-hydrogen) atoms. The first-order valence-electron chi connectivity index (χ1n) is 9.24. The average molecular weight is 356 g/mol. The summed E-state index contributed by atoms with van der Waals surface area (Å²) in [6.07, 6.45) is 7.45. The Morgan fingerprint density at radius 1 is 0.875 bits per heavy atom. The maximum atomic E-state index is 12.5. The Morgan fingerprint density at radius 3 is 2.12 bits per heavy atom. The minimum atomic E-state index is -2.97. The predicted molar refractivity (Wildman–Crippen MR) is 91.1 cm³/mol. The Balaban J connectivity index is 1.44. The van der Waals surface area contributed by atoms with Gasteiger partial charge in [-0.25, -0.2) is 8.42 Å². The molecule has 1 unspecified atom stereocenters. The summed E-state index contributed by atoms with van der Waals surface area (Å²) >= 11 is 0. The summed E-state index contributed by atoms with van der Waals surface area (Å²) in [5.74, 6) is 0.568. The molecule has 1 atom stereocenters. The van der Waals surface area contributed by atoms with Gasteiger partial charge in [-0.05, 0) is 32.1 Å². The first-order chi connectivity index (χ1) is 11.4. The molecule has 0 radical (unpaired) electrons. The van der Waals surface area contributed by atoms with Crippen LogP contribution in [0.5, 0.6) is 0 Å². The summed E-state index contributed by atoms with van der Waals surface area (Å²) in [4.78, 5) is 26.8. The zero-order chi connectivity index (χ0) is 17.2. The summed E-state index contributed by atoms with van der Waals surface area (Å²) in [6.45, 7) is 1.30. The van der Waals surface area contributed by atoms with Gasteiger partial charge in [0.2, 0.25) is 11.8 Å². The lowest BCUT2D eigenvalue weighted by Crippen LogP contribution is -2.47. The summed E-state index contributed by atoms with van der Waals surface area (Å²) in [5.41, 5.74) is 0. The number of likely N-dealkylation sites (tertiary alicyclic amines) is 1. The number of nitrogens with zero attached hydrogens (tertiary/aromatic N) is 1. The van der Waals surface area contributed by atoms with E-state index in [-0.39, 0.29) is 41.2 Å². The zero-order valence-electron chi connectivity index (χ0n) is 14.2. The van der Waals surface area contributed by atoms with E-state index in [9.17, 15) is 18.0 Å². The van der Waals surface area contributed by atoms with E-state index in [0.717, 1.165) is 25.7 Å². The van der Waals surface area contributed by atoms with Crippen LogP contribution in [0, 0.1) is 11.8 Å². The monoisotopic (exact) mass is 356 g/mol. The number of carbonyl (C=O) groups is 2. The van der Waals surface area contributed by atoms with Crippen LogP contribution in [0.2, 0.25) is 0 Å². The number of sulfone groups is 1. The van der Waals surface area contributed by atoms with Crippen LogP contribution in [0.15, 0.2) is 0 Å². The molecule has 7 heteroatoms. The minimum Gasteiger partial charge on any atom is -0.352 e. The fraction of sp³-hybridized carbons (Fsp3) is 0.882. The molecule has 0 aromatic rings. The van der Waals surface area contributed by atoms with Crippen LogP contribution >= 0.6 is 0 Å². The van der Waals surface area contributed by atoms with Gasteiger partial charge in [-0.15, -0.1) is 0 Å². The fourth-order valence-corrected chi connectivity index (χ4v) is 5.87. The number of piperidine rings is 1. The first kappa shape index (κ1) is 17.7. The predicted octanol–water partition coefficient (Wildman–Crippen LogP) is 1.11. The highest BCUT2D eigenvalue weighted by Gasteiger charge is 2.34. The maximum Gasteiger partial charge on any atom is 0.225 e. The highest BCUT2D eigenvalue weighted by Crippen LogP contribution is 2.27. The number of hydrogen-bond donors (Lipinski definition) is 1. The van der Waals surface area contributed by atoms with Crippen molar-refractivity contribution in [2.24, 2.45) is 11.8 Å². The lowest BCUT2D eigenvalue weighted by molar-refractivity contribution is -0.140. The second kappa shape index (κ2) is 7.42. The molecular weight excluding hydrogens is 328 g/mol. The molecule has 1 N–H and O–H groups in total. The fourth-order valence-electron chi connectivity index (χ4n) is 4.20. The summed E-state index contributed by atoms with van der Waals surface area (Å²) in [5, 5.41) is 2.89. The van der Waals surface area contributed by atoms with Gasteiger partial charge in [0.25, 0.3) is 0 Å². The second-order valence-electron chi connectivity index (χ2n) is 7.54. The molecule has 0 aromatic heterocycles. The maximum absolute atomic E-state index is 12.5. The van der Waals surface area contributed by atoms with Crippen LogP contribution in [0.1, 0.15) is 51.4 Å². The smallest absolute Gasteiger partial charge is 0.225 e. The minimum absolute atomic E-state index is 0.0399. The van der Waals surface area contributed by atoms with Gasteiger partial charge in [-0.3, -0.25) is 9.59 Å². The molecule has 3 aliphatic rings. The molecule has 1 saturated carbocycles. The number of hydrogen-bond acceptors (Lipinski definition) is 4. The van der Waals surface area contributed by atoms with E-state index in [1.54, 1.807) is 0 Å². The molecule has 2 aliphatic heterocycles. The quantitative estimate of drug-likeness (QED) is 0.821. The van der Waals surface area contributed by atoms with Crippen LogP contribution in [0.4, 0.5) is 0 Å². The molecule has 0 bridgehead atoms. The van der Waals surface area contributed by atoms with E-state index in [4.69, 9.17) is 0 Å². The van der Waals surface area contributed by atoms with Gasteiger partial charge < -0.3 is 10.2 Å². The summed E-state index contributed by atoms with van der Waals surface area (Å²) in [7, 11) is -2.97. The van der Waals surface area contributed by atoms with Gasteiger partial charge in [0.05, 0.1) is 11.5 Å². The van der Waals surface area contributed by atoms with Gasteiger partial charge in [-0.1, -0.05) is 19.3 Å². The van der Waals surface area contributed by atoms with Crippen molar-refractivity contribution in [3.63, 3.8) is 0 Å². The molecule has 2 amide bonds. The highest BCUT2D eigenvalue weighted by atomic mass is 32.2. The van der Waals surface area contributed by atoms with Crippen LogP contribution < -0.4 is 5.32 Å². The van der Waals surface area contributed by atoms with Gasteiger partial charge in [-0.2, -0.15) is 0 Å². The van der Waals surface area contributed by atoms with Crippen molar-refractivity contribution in [2.75, 3.05) is 24.6 Å². The standard InChI is InChI=1S/C17H28N2O4S/c20-16(18-15-8-11-24(22,23)12-15)13-6-9-19(10-7-13)17(21)14-4-2-1-3-5-14/h13-15H,1-12H2,(H,18,20). The molecule has 3 fully saturated rings. The van der Waals surface area contributed by atoms with Crippen molar-refractivity contribution in [3.8, 4) is 0 Å². The molecule has 0 spiro atoms. The molecule has 136 valence electrons. The average Bonchev–Trinajstić information content (AvgIpc) is 2.93. The normalized spacial score (nSPS) is 28.7. The number of amides is 2. The number of carbonyl (C=O) groups excluding carboxylic acids is 2. The molecule has 2 saturated heterocycles. The van der Waals surface area contributed by atoms with Crippen molar-refractivity contribution in [3.05, 3.63) is 0 Å². The van der Waals surface area contributed by atoms with E-state index in [0.29, 0.717) is 32.4 Å². The Hall–Kier alpha value is -1.11. The summed E-state index contributed by atoms with van der Waals surface area (Å²) < 4.78 is 22.9. The highest BCUT2D eigenvalue weighted by molar-refractivity contribution is 7.91. The Morgan fingerprint density at radius 2 is 1.54 bits per heavy atom. The third-order valence-electron chi connectivity index (χ3n) is 5.71. The molecule has 0 aromatic carbocycles. The van der Waals surface area contributed by atoms with E-state index < -0.39 is 9.84 Å². The third-order valence-corrected chi connectivity index (χ3v) is 7.48. The summed E-state index contributed by atoms with van der Waals surface area (Å²) in [6, 6.07) is -0.232. The van der Waals surface area contributed by atoms with Crippen LogP contribution in [0.3, 0.4) is 0 Å². The molecule has 3 rings (SSSR count). The van der Waals surface area contributed by atoms with Gasteiger partial charge >= 0.3 is 0 Å². The topological polar surface area (TPSA) is 83.6 Å². The molecule has 1 aliphatic carbocycles. The third kappa shape index (κ3) is 4.29. The van der Waals surface area contributed by atoms with Crippen molar-refractivity contribution in [1.29, 1.82) is 0 Å². The van der Waals surface area contributed by atoms with Gasteiger partial charge in [0.15, 0.2) is 9.84 Å². The van der Waals surface area contributed by atoms with Crippen LogP contribution in [-0.2, 0) is 19.4 Å². The second-order valence-corrected chi connectivity index (χ2v) is 9.77. The largest absolute Gasteiger partial charge is 0.352 e. The Labute approximate surface area is 144 Å². The van der Waals surface area contributed by atoms with Gasteiger partial charge in [0.1, 0.15) is 0 Å². The van der Waals surface area contributed by atoms with E-state index in [1.807, 2.05) is 4.90 Å². The molecule has 6 nitrogen and oxygen atoms in total. The van der Waals surface area contributed by atoms with E-state index in [2.05, 4.69) is 5.32 Å². The van der Waals surface area contributed by atoms with Crippen molar-refractivity contribution >= 4 is 21.7 Å². The number of nitrogens with one attached hydrogen (secondary N) is 1. The van der Waals surface area contributed by atoms with E-state index >= 15 is 0 Å². The van der Waals surface area contributed by atoms with Crippen LogP contribution in [0.25, 0.3) is 0 Å².